The molecule has 0 amide bonds. The molecule has 32 heavy (non-hydrogen) atoms. The van der Waals surface area contributed by atoms with Crippen LogP contribution in [0.25, 0.3) is 0 Å². The van der Waals surface area contributed by atoms with E-state index in [2.05, 4.69) is 0 Å². The van der Waals surface area contributed by atoms with Crippen LogP contribution in [-0.4, -0.2) is 50.9 Å². The number of piperidine rings is 1. The molecule has 1 fully saturated rings. The number of hydrogen-bond acceptors (Lipinski definition) is 8. The van der Waals surface area contributed by atoms with Crippen LogP contribution >= 0.6 is 0 Å². The van der Waals surface area contributed by atoms with Crippen LogP contribution in [0.2, 0.25) is 0 Å². The molecule has 1 aliphatic heterocycles. The molecular weight excluding hydrogens is 440 g/mol. The van der Waals surface area contributed by atoms with E-state index in [4.69, 9.17) is 14.2 Å². The van der Waals surface area contributed by atoms with E-state index < -0.39 is 26.8 Å². The first-order valence-corrected chi connectivity index (χ1v) is 11.3. The Labute approximate surface area is 185 Å². The van der Waals surface area contributed by atoms with Crippen molar-refractivity contribution in [2.24, 2.45) is 5.92 Å². The SMILES string of the molecule is COc1ccc(S(=O)(=O)N2CCC(C(=O)OCc3ccc([N+](=O)[O-])cc3)CC2)cc1OC. The molecular formula is C21H24N2O8S. The van der Waals surface area contributed by atoms with Gasteiger partial charge in [-0.2, -0.15) is 4.31 Å². The Morgan fingerprint density at radius 1 is 1.06 bits per heavy atom. The number of carbonyl (C=O) groups excluding carboxylic acids is 1. The van der Waals surface area contributed by atoms with Crippen molar-refractivity contribution in [3.8, 4) is 11.5 Å². The molecule has 0 spiro atoms. The van der Waals surface area contributed by atoms with Gasteiger partial charge in [-0.1, -0.05) is 0 Å². The van der Waals surface area contributed by atoms with Crippen LogP contribution in [0.4, 0.5) is 5.69 Å². The van der Waals surface area contributed by atoms with Gasteiger partial charge in [-0.25, -0.2) is 8.42 Å². The van der Waals surface area contributed by atoms with Crippen molar-refractivity contribution in [1.82, 2.24) is 4.31 Å². The van der Waals surface area contributed by atoms with Gasteiger partial charge in [0.05, 0.1) is 30.0 Å². The van der Waals surface area contributed by atoms with E-state index >= 15 is 0 Å². The van der Waals surface area contributed by atoms with Crippen molar-refractivity contribution >= 4 is 21.7 Å². The van der Waals surface area contributed by atoms with Crippen molar-refractivity contribution in [3.63, 3.8) is 0 Å². The number of hydrogen-bond donors (Lipinski definition) is 0. The summed E-state index contributed by atoms with van der Waals surface area (Å²) in [6, 6.07) is 10.2. The van der Waals surface area contributed by atoms with E-state index in [-0.39, 0.29) is 30.3 Å². The molecule has 2 aromatic rings. The third kappa shape index (κ3) is 5.17. The van der Waals surface area contributed by atoms with Gasteiger partial charge in [-0.15, -0.1) is 0 Å². The standard InChI is InChI=1S/C21H24N2O8S/c1-29-19-8-7-18(13-20(19)30-2)32(27,28)22-11-9-16(10-12-22)21(24)31-14-15-3-5-17(6-4-15)23(25)26/h3-8,13,16H,9-12,14H2,1-2H3. The zero-order chi connectivity index (χ0) is 23.3. The molecule has 10 nitrogen and oxygen atoms in total. The molecule has 11 heteroatoms. The predicted octanol–water partition coefficient (Wildman–Crippen LogP) is 2.76. The van der Waals surface area contributed by atoms with E-state index in [1.807, 2.05) is 0 Å². The molecule has 1 aliphatic rings. The number of rotatable bonds is 8. The molecule has 0 aliphatic carbocycles. The lowest BCUT2D eigenvalue weighted by Gasteiger charge is -2.30. The van der Waals surface area contributed by atoms with Gasteiger partial charge in [-0.05, 0) is 42.7 Å². The molecule has 2 aromatic carbocycles. The molecule has 1 saturated heterocycles. The average molecular weight is 464 g/mol. The first-order chi connectivity index (χ1) is 15.3. The van der Waals surface area contributed by atoms with Gasteiger partial charge in [0.15, 0.2) is 11.5 Å². The Morgan fingerprint density at radius 2 is 1.69 bits per heavy atom. The molecule has 0 saturated carbocycles. The van der Waals surface area contributed by atoms with E-state index in [1.165, 1.54) is 61.0 Å². The quantitative estimate of drug-likeness (QED) is 0.332. The van der Waals surface area contributed by atoms with Crippen LogP contribution in [0.5, 0.6) is 11.5 Å². The topological polar surface area (TPSA) is 125 Å². The second-order valence-electron chi connectivity index (χ2n) is 7.23. The maximum atomic E-state index is 13.0. The van der Waals surface area contributed by atoms with Gasteiger partial charge < -0.3 is 14.2 Å². The zero-order valence-electron chi connectivity index (χ0n) is 17.7. The highest BCUT2D eigenvalue weighted by molar-refractivity contribution is 7.89. The molecule has 172 valence electrons. The highest BCUT2D eigenvalue weighted by Gasteiger charge is 2.33. The molecule has 0 atom stereocenters. The van der Waals surface area contributed by atoms with Crippen molar-refractivity contribution in [2.45, 2.75) is 24.3 Å². The fourth-order valence-corrected chi connectivity index (χ4v) is 4.93. The van der Waals surface area contributed by atoms with Crippen molar-refractivity contribution < 1.29 is 32.3 Å². The number of benzene rings is 2. The smallest absolute Gasteiger partial charge is 0.309 e. The van der Waals surface area contributed by atoms with Crippen LogP contribution in [-0.2, 0) is 26.2 Å². The molecule has 0 unspecified atom stereocenters. The summed E-state index contributed by atoms with van der Waals surface area (Å²) in [6.07, 6.45) is 0.678. The Morgan fingerprint density at radius 3 is 2.25 bits per heavy atom. The number of ether oxygens (including phenoxy) is 3. The minimum Gasteiger partial charge on any atom is -0.493 e. The number of nitrogens with zero attached hydrogens (tertiary/aromatic N) is 2. The average Bonchev–Trinajstić information content (AvgIpc) is 2.82. The lowest BCUT2D eigenvalue weighted by Crippen LogP contribution is -2.40. The van der Waals surface area contributed by atoms with Crippen molar-refractivity contribution in [2.75, 3.05) is 27.3 Å². The lowest BCUT2D eigenvalue weighted by atomic mass is 9.98. The summed E-state index contributed by atoms with van der Waals surface area (Å²) in [5, 5.41) is 10.7. The summed E-state index contributed by atoms with van der Waals surface area (Å²) in [6.45, 7) is 0.378. The Hall–Kier alpha value is -3.18. The van der Waals surface area contributed by atoms with Crippen LogP contribution in [0.15, 0.2) is 47.4 Å². The van der Waals surface area contributed by atoms with Crippen LogP contribution in [0.3, 0.4) is 0 Å². The molecule has 1 heterocycles. The summed E-state index contributed by atoms with van der Waals surface area (Å²) >= 11 is 0. The van der Waals surface area contributed by atoms with Gasteiger partial charge in [0, 0.05) is 31.3 Å². The first-order valence-electron chi connectivity index (χ1n) is 9.88. The summed E-state index contributed by atoms with van der Waals surface area (Å²) < 4.78 is 43.0. The molecule has 0 N–H and O–H groups in total. The van der Waals surface area contributed by atoms with E-state index in [1.54, 1.807) is 0 Å². The number of nitro benzene ring substituents is 1. The van der Waals surface area contributed by atoms with Crippen molar-refractivity contribution in [3.05, 3.63) is 58.1 Å². The second kappa shape index (κ2) is 9.96. The van der Waals surface area contributed by atoms with Gasteiger partial charge in [0.2, 0.25) is 10.0 Å². The highest BCUT2D eigenvalue weighted by Crippen LogP contribution is 2.32. The van der Waals surface area contributed by atoms with Crippen LogP contribution in [0.1, 0.15) is 18.4 Å². The Bertz CT molecular complexity index is 1080. The zero-order valence-corrected chi connectivity index (χ0v) is 18.5. The Kier molecular flexibility index (Phi) is 7.31. The highest BCUT2D eigenvalue weighted by atomic mass is 32.2. The van der Waals surface area contributed by atoms with Gasteiger partial charge in [-0.3, -0.25) is 14.9 Å². The first kappa shape index (κ1) is 23.5. The third-order valence-corrected chi connectivity index (χ3v) is 7.20. The van der Waals surface area contributed by atoms with Gasteiger partial charge in [0.1, 0.15) is 6.61 Å². The van der Waals surface area contributed by atoms with Crippen LogP contribution < -0.4 is 9.47 Å². The van der Waals surface area contributed by atoms with E-state index in [0.29, 0.717) is 29.9 Å². The van der Waals surface area contributed by atoms with Gasteiger partial charge >= 0.3 is 5.97 Å². The molecule has 0 aromatic heterocycles. The minimum absolute atomic E-state index is 0.000976. The van der Waals surface area contributed by atoms with Gasteiger partial charge in [0.25, 0.3) is 5.69 Å². The van der Waals surface area contributed by atoms with Crippen molar-refractivity contribution in [1.29, 1.82) is 0 Å². The maximum Gasteiger partial charge on any atom is 0.309 e. The third-order valence-electron chi connectivity index (χ3n) is 5.31. The van der Waals surface area contributed by atoms with Crippen LogP contribution in [0, 0.1) is 16.0 Å². The number of non-ortho nitro benzene ring substituents is 1. The number of nitro groups is 1. The fourth-order valence-electron chi connectivity index (χ4n) is 3.44. The normalized spacial score (nSPS) is 15.2. The number of carbonyl (C=O) groups is 1. The summed E-state index contributed by atoms with van der Waals surface area (Å²) in [4.78, 5) is 22.7. The second-order valence-corrected chi connectivity index (χ2v) is 9.16. The van der Waals surface area contributed by atoms with E-state index in [0.717, 1.165) is 0 Å². The number of methoxy groups -OCH3 is 2. The monoisotopic (exact) mass is 464 g/mol. The van der Waals surface area contributed by atoms with E-state index in [9.17, 15) is 23.3 Å². The molecule has 0 radical (unpaired) electrons. The fraction of sp³-hybridized carbons (Fsp3) is 0.381. The number of sulfonamides is 1. The Balaban J connectivity index is 1.56. The lowest BCUT2D eigenvalue weighted by molar-refractivity contribution is -0.384. The summed E-state index contributed by atoms with van der Waals surface area (Å²) in [7, 11) is -0.842. The maximum absolute atomic E-state index is 13.0. The molecule has 0 bridgehead atoms. The summed E-state index contributed by atoms with van der Waals surface area (Å²) in [5.74, 6) is -0.0735. The predicted molar refractivity (Wildman–Crippen MR) is 114 cm³/mol. The minimum atomic E-state index is -3.74. The number of esters is 1. The largest absolute Gasteiger partial charge is 0.493 e. The summed E-state index contributed by atoms with van der Waals surface area (Å²) in [5.41, 5.74) is 0.598. The molecule has 3 rings (SSSR count).